The Morgan fingerprint density at radius 3 is 2.75 bits per heavy atom. The zero-order chi connectivity index (χ0) is 14.1. The molecule has 1 aromatic rings. The van der Waals surface area contributed by atoms with Crippen molar-refractivity contribution in [3.8, 4) is 11.5 Å². The minimum Gasteiger partial charge on any atom is -0.497 e. The molecule has 0 aromatic heterocycles. The minimum atomic E-state index is 0.122. The van der Waals surface area contributed by atoms with Crippen LogP contribution in [0.15, 0.2) is 18.2 Å². The molecule has 0 bridgehead atoms. The van der Waals surface area contributed by atoms with Gasteiger partial charge in [0, 0.05) is 24.1 Å². The van der Waals surface area contributed by atoms with Crippen LogP contribution >= 0.6 is 0 Å². The summed E-state index contributed by atoms with van der Waals surface area (Å²) in [5, 5.41) is 3.39. The van der Waals surface area contributed by atoms with E-state index < -0.39 is 0 Å². The van der Waals surface area contributed by atoms with E-state index in [-0.39, 0.29) is 12.2 Å². The first-order valence-electron chi connectivity index (χ1n) is 7.38. The molecule has 4 nitrogen and oxygen atoms in total. The van der Waals surface area contributed by atoms with Crippen LogP contribution in [-0.4, -0.2) is 32.5 Å². The van der Waals surface area contributed by atoms with E-state index in [4.69, 9.17) is 14.2 Å². The van der Waals surface area contributed by atoms with Gasteiger partial charge in [-0.05, 0) is 32.9 Å². The van der Waals surface area contributed by atoms with Gasteiger partial charge in [-0.15, -0.1) is 0 Å². The number of hydrogen-bond donors (Lipinski definition) is 1. The van der Waals surface area contributed by atoms with Gasteiger partial charge >= 0.3 is 0 Å². The average molecular weight is 277 g/mol. The van der Waals surface area contributed by atoms with Crippen LogP contribution in [0.3, 0.4) is 0 Å². The molecule has 1 saturated heterocycles. The summed E-state index contributed by atoms with van der Waals surface area (Å²) in [4.78, 5) is 0. The standard InChI is InChI=1S/C16H23NO3/c1-10-4-7-14(19-10)16-9-13(17-2)12-6-5-11(18-3)8-15(12)20-16/h5-6,8,10,13-14,16-17H,4,7,9H2,1-3H3. The second kappa shape index (κ2) is 5.62. The maximum Gasteiger partial charge on any atom is 0.128 e. The molecular formula is C16H23NO3. The number of hydrogen-bond acceptors (Lipinski definition) is 4. The fraction of sp³-hybridized carbons (Fsp3) is 0.625. The normalized spacial score (nSPS) is 32.5. The van der Waals surface area contributed by atoms with E-state index in [0.717, 1.165) is 30.8 Å². The van der Waals surface area contributed by atoms with Crippen molar-refractivity contribution in [2.75, 3.05) is 14.2 Å². The lowest BCUT2D eigenvalue weighted by Crippen LogP contribution is -2.39. The predicted octanol–water partition coefficient (Wildman–Crippen LogP) is 2.67. The smallest absolute Gasteiger partial charge is 0.128 e. The number of rotatable bonds is 3. The topological polar surface area (TPSA) is 39.7 Å². The Bertz CT molecular complexity index is 477. The predicted molar refractivity (Wildman–Crippen MR) is 77.4 cm³/mol. The lowest BCUT2D eigenvalue weighted by atomic mass is 9.93. The molecule has 0 saturated carbocycles. The van der Waals surface area contributed by atoms with Crippen LogP contribution in [0.25, 0.3) is 0 Å². The van der Waals surface area contributed by atoms with Gasteiger partial charge in [-0.1, -0.05) is 6.07 Å². The van der Waals surface area contributed by atoms with E-state index in [9.17, 15) is 0 Å². The van der Waals surface area contributed by atoms with E-state index in [1.165, 1.54) is 5.56 Å². The SMILES string of the molecule is CNC1CC(C2CCC(C)O2)Oc2cc(OC)ccc21. The quantitative estimate of drug-likeness (QED) is 0.922. The van der Waals surface area contributed by atoms with Gasteiger partial charge in [0.05, 0.1) is 19.3 Å². The molecule has 4 heteroatoms. The van der Waals surface area contributed by atoms with Crippen LogP contribution in [0, 0.1) is 0 Å². The second-order valence-electron chi connectivity index (χ2n) is 5.70. The number of ether oxygens (including phenoxy) is 3. The summed E-state index contributed by atoms with van der Waals surface area (Å²) in [6.07, 6.45) is 3.84. The molecule has 3 rings (SSSR count). The van der Waals surface area contributed by atoms with Gasteiger partial charge in [-0.3, -0.25) is 0 Å². The lowest BCUT2D eigenvalue weighted by molar-refractivity contribution is -0.0297. The van der Waals surface area contributed by atoms with Gasteiger partial charge in [0.25, 0.3) is 0 Å². The average Bonchev–Trinajstić information content (AvgIpc) is 2.92. The van der Waals surface area contributed by atoms with Crippen molar-refractivity contribution in [2.24, 2.45) is 0 Å². The van der Waals surface area contributed by atoms with Gasteiger partial charge in [-0.2, -0.15) is 0 Å². The molecule has 0 amide bonds. The maximum absolute atomic E-state index is 6.19. The highest BCUT2D eigenvalue weighted by atomic mass is 16.6. The van der Waals surface area contributed by atoms with Crippen LogP contribution in [0.2, 0.25) is 0 Å². The highest BCUT2D eigenvalue weighted by Gasteiger charge is 2.36. The first kappa shape index (κ1) is 13.7. The first-order chi connectivity index (χ1) is 9.71. The molecule has 4 atom stereocenters. The second-order valence-corrected chi connectivity index (χ2v) is 5.70. The van der Waals surface area contributed by atoms with Gasteiger partial charge in [0.15, 0.2) is 0 Å². The summed E-state index contributed by atoms with van der Waals surface area (Å²) >= 11 is 0. The molecule has 2 aliphatic rings. The first-order valence-corrected chi connectivity index (χ1v) is 7.38. The summed E-state index contributed by atoms with van der Waals surface area (Å²) in [7, 11) is 3.68. The Balaban J connectivity index is 1.84. The van der Waals surface area contributed by atoms with Crippen molar-refractivity contribution in [2.45, 2.75) is 50.5 Å². The maximum atomic E-state index is 6.19. The van der Waals surface area contributed by atoms with E-state index in [2.05, 4.69) is 18.3 Å². The third kappa shape index (κ3) is 2.50. The molecule has 20 heavy (non-hydrogen) atoms. The van der Waals surface area contributed by atoms with E-state index in [0.29, 0.717) is 12.1 Å². The van der Waals surface area contributed by atoms with Crippen molar-refractivity contribution in [3.63, 3.8) is 0 Å². The Labute approximate surface area is 120 Å². The van der Waals surface area contributed by atoms with E-state index in [1.54, 1.807) is 7.11 Å². The molecule has 1 N–H and O–H groups in total. The number of benzene rings is 1. The van der Waals surface area contributed by atoms with Gasteiger partial charge in [-0.25, -0.2) is 0 Å². The van der Waals surface area contributed by atoms with Crippen molar-refractivity contribution in [3.05, 3.63) is 23.8 Å². The Kier molecular flexibility index (Phi) is 3.85. The third-order valence-electron chi connectivity index (χ3n) is 4.37. The van der Waals surface area contributed by atoms with Gasteiger partial charge in [0.1, 0.15) is 17.6 Å². The summed E-state index contributed by atoms with van der Waals surface area (Å²) < 4.78 is 17.5. The molecule has 0 spiro atoms. The zero-order valence-corrected chi connectivity index (χ0v) is 12.4. The summed E-state index contributed by atoms with van der Waals surface area (Å²) in [6.45, 7) is 2.13. The van der Waals surface area contributed by atoms with Crippen molar-refractivity contribution < 1.29 is 14.2 Å². The number of fused-ring (bicyclic) bond motifs is 1. The Morgan fingerprint density at radius 2 is 2.10 bits per heavy atom. The molecule has 0 radical (unpaired) electrons. The van der Waals surface area contributed by atoms with Crippen molar-refractivity contribution >= 4 is 0 Å². The van der Waals surface area contributed by atoms with Crippen LogP contribution in [0.1, 0.15) is 37.8 Å². The van der Waals surface area contributed by atoms with Gasteiger partial charge < -0.3 is 19.5 Å². The summed E-state index contributed by atoms with van der Waals surface area (Å²) in [6, 6.07) is 6.36. The van der Waals surface area contributed by atoms with Crippen molar-refractivity contribution in [1.29, 1.82) is 0 Å². The molecule has 110 valence electrons. The van der Waals surface area contributed by atoms with Crippen molar-refractivity contribution in [1.82, 2.24) is 5.32 Å². The minimum absolute atomic E-state index is 0.122. The molecule has 1 fully saturated rings. The van der Waals surface area contributed by atoms with Crippen LogP contribution < -0.4 is 14.8 Å². The summed E-state index contributed by atoms with van der Waals surface area (Å²) in [5.74, 6) is 1.75. The third-order valence-corrected chi connectivity index (χ3v) is 4.37. The Hall–Kier alpha value is -1.26. The van der Waals surface area contributed by atoms with Crippen LogP contribution in [0.5, 0.6) is 11.5 Å². The van der Waals surface area contributed by atoms with Gasteiger partial charge in [0.2, 0.25) is 0 Å². The molecule has 4 unspecified atom stereocenters. The fourth-order valence-electron chi connectivity index (χ4n) is 3.21. The highest BCUT2D eigenvalue weighted by molar-refractivity contribution is 5.44. The van der Waals surface area contributed by atoms with E-state index in [1.807, 2.05) is 19.2 Å². The zero-order valence-electron chi connectivity index (χ0n) is 12.4. The monoisotopic (exact) mass is 277 g/mol. The number of nitrogens with one attached hydrogen (secondary N) is 1. The molecular weight excluding hydrogens is 254 g/mol. The number of methoxy groups -OCH3 is 1. The highest BCUT2D eigenvalue weighted by Crippen LogP contribution is 2.40. The van der Waals surface area contributed by atoms with Crippen LogP contribution in [-0.2, 0) is 4.74 Å². The van der Waals surface area contributed by atoms with E-state index >= 15 is 0 Å². The Morgan fingerprint density at radius 1 is 1.25 bits per heavy atom. The largest absolute Gasteiger partial charge is 0.497 e. The van der Waals surface area contributed by atoms with Crippen LogP contribution in [0.4, 0.5) is 0 Å². The molecule has 0 aliphatic carbocycles. The fourth-order valence-corrected chi connectivity index (χ4v) is 3.21. The summed E-state index contributed by atoms with van der Waals surface area (Å²) in [5.41, 5.74) is 1.20. The molecule has 2 heterocycles. The lowest BCUT2D eigenvalue weighted by Gasteiger charge is -2.35. The molecule has 2 aliphatic heterocycles. The molecule has 1 aromatic carbocycles.